The highest BCUT2D eigenvalue weighted by Crippen LogP contribution is 2.36. The second-order valence-electron chi connectivity index (χ2n) is 11.9. The molecule has 0 N–H and O–H groups in total. The Kier molecular flexibility index (Phi) is 5.04. The molecule has 0 amide bonds. The van der Waals surface area contributed by atoms with Crippen LogP contribution in [0.4, 0.5) is 0 Å². The fourth-order valence-electron chi connectivity index (χ4n) is 7.53. The predicted octanol–water partition coefficient (Wildman–Crippen LogP) is 9.83. The molecule has 0 aliphatic carbocycles. The lowest BCUT2D eigenvalue weighted by atomic mass is 9.97. The van der Waals surface area contributed by atoms with E-state index in [1.807, 2.05) is 72.8 Å². The Morgan fingerprint density at radius 3 is 1.43 bits per heavy atom. The molecule has 4 heterocycles. The Labute approximate surface area is 270 Å². The predicted molar refractivity (Wildman–Crippen MR) is 195 cm³/mol. The Bertz CT molecular complexity index is 3020. The van der Waals surface area contributed by atoms with Crippen molar-refractivity contribution < 1.29 is 0 Å². The average molecular weight is 625 g/mol. The maximum Gasteiger partial charge on any atom is 0.197 e. The minimum atomic E-state index is -0.0899. The van der Waals surface area contributed by atoms with Gasteiger partial charge in [0.25, 0.3) is 0 Å². The van der Waals surface area contributed by atoms with Gasteiger partial charge in [-0.1, -0.05) is 91.2 Å². The molecule has 0 saturated heterocycles. The van der Waals surface area contributed by atoms with E-state index in [2.05, 4.69) is 51.3 Å². The zero-order valence-electron chi connectivity index (χ0n) is 24.1. The molecule has 0 aliphatic heterocycles. The molecular weight excluding hydrogens is 605 g/mol. The van der Waals surface area contributed by atoms with E-state index in [0.717, 1.165) is 69.3 Å². The summed E-state index contributed by atoms with van der Waals surface area (Å²) in [5, 5.41) is 6.30. The van der Waals surface area contributed by atoms with Crippen LogP contribution in [0.2, 0.25) is 0 Å². The van der Waals surface area contributed by atoms with Gasteiger partial charge >= 0.3 is 0 Å². The molecule has 0 radical (unpaired) electrons. The van der Waals surface area contributed by atoms with Crippen molar-refractivity contribution in [2.75, 3.05) is 0 Å². The lowest BCUT2D eigenvalue weighted by Crippen LogP contribution is -2.14. The minimum absolute atomic E-state index is 0.0616. The van der Waals surface area contributed by atoms with Crippen LogP contribution in [0.25, 0.3) is 87.3 Å². The van der Waals surface area contributed by atoms with Gasteiger partial charge in [-0.15, -0.1) is 0 Å². The number of pyridine rings is 4. The zero-order valence-corrected chi connectivity index (χ0v) is 25.7. The first-order chi connectivity index (χ1) is 22.5. The second-order valence-corrected chi connectivity index (χ2v) is 12.7. The normalized spacial score (nSPS) is 12.3. The quantitative estimate of drug-likeness (QED) is 0.104. The molecule has 0 saturated carbocycles. The molecule has 0 bridgehead atoms. The number of hydrogen-bond acceptors (Lipinski definition) is 4. The molecule has 10 aromatic rings. The Morgan fingerprint density at radius 1 is 0.370 bits per heavy atom. The largest absolute Gasteiger partial charge is 0.308 e. The van der Waals surface area contributed by atoms with Crippen LogP contribution >= 0.6 is 24.4 Å². The number of nitrogens with zero attached hydrogens (tertiary/aromatic N) is 2. The zero-order chi connectivity index (χ0) is 30.8. The minimum Gasteiger partial charge on any atom is -0.308 e. The van der Waals surface area contributed by atoms with Crippen LogP contribution < -0.4 is 10.9 Å². The van der Waals surface area contributed by atoms with Crippen LogP contribution in [-0.4, -0.2) is 8.80 Å². The number of para-hydroxylation sites is 4. The van der Waals surface area contributed by atoms with Crippen LogP contribution in [0, 0.1) is 9.02 Å². The number of hydrogen-bond donors (Lipinski definition) is 0. The van der Waals surface area contributed by atoms with E-state index in [0.29, 0.717) is 27.1 Å². The van der Waals surface area contributed by atoms with E-state index in [1.165, 1.54) is 0 Å². The summed E-state index contributed by atoms with van der Waals surface area (Å²) in [4.78, 5) is 27.5. The van der Waals surface area contributed by atoms with Crippen molar-refractivity contribution in [2.45, 2.75) is 0 Å². The molecule has 0 aliphatic rings. The molecule has 0 fully saturated rings. The van der Waals surface area contributed by atoms with Crippen molar-refractivity contribution in [2.24, 2.45) is 0 Å². The first-order valence-electron chi connectivity index (χ1n) is 15.0. The molecular formula is C40H20N2O2S2. The van der Waals surface area contributed by atoms with E-state index < -0.39 is 0 Å². The molecule has 10 rings (SSSR count). The molecule has 0 spiro atoms. The summed E-state index contributed by atoms with van der Waals surface area (Å²) in [6.45, 7) is 0. The Balaban J connectivity index is 1.31. The van der Waals surface area contributed by atoms with E-state index in [9.17, 15) is 9.59 Å². The maximum atomic E-state index is 14.1. The van der Waals surface area contributed by atoms with E-state index >= 15 is 0 Å². The number of rotatable bonds is 1. The van der Waals surface area contributed by atoms with E-state index in [1.54, 1.807) is 6.07 Å². The number of aromatic nitrogens is 2. The van der Waals surface area contributed by atoms with Gasteiger partial charge in [-0.05, 0) is 65.7 Å². The molecule has 0 atom stereocenters. The summed E-state index contributed by atoms with van der Waals surface area (Å²) in [5.41, 5.74) is 7.03. The van der Waals surface area contributed by atoms with Crippen LogP contribution in [0.1, 0.15) is 0 Å². The van der Waals surface area contributed by atoms with Crippen LogP contribution in [0.5, 0.6) is 0 Å². The van der Waals surface area contributed by atoms with Crippen molar-refractivity contribution >= 4 is 101 Å². The fourth-order valence-corrected chi connectivity index (χ4v) is 8.20. The van der Waals surface area contributed by atoms with Crippen molar-refractivity contribution in [1.29, 1.82) is 0 Å². The highest BCUT2D eigenvalue weighted by molar-refractivity contribution is 7.72. The maximum absolute atomic E-state index is 14.1. The molecule has 4 aromatic heterocycles. The van der Waals surface area contributed by atoms with Gasteiger partial charge in [-0.3, -0.25) is 9.59 Å². The summed E-state index contributed by atoms with van der Waals surface area (Å²) in [5.74, 6) is 0. The first kappa shape index (κ1) is 25.7. The highest BCUT2D eigenvalue weighted by atomic mass is 32.1. The smallest absolute Gasteiger partial charge is 0.197 e. The lowest BCUT2D eigenvalue weighted by Gasteiger charge is -2.17. The van der Waals surface area contributed by atoms with Gasteiger partial charge in [-0.25, -0.2) is 0 Å². The summed E-state index contributed by atoms with van der Waals surface area (Å²) >= 11 is 12.1. The number of benzene rings is 6. The van der Waals surface area contributed by atoms with Gasteiger partial charge in [0.2, 0.25) is 0 Å². The summed E-state index contributed by atoms with van der Waals surface area (Å²) < 4.78 is 5.96. The third kappa shape index (κ3) is 3.17. The van der Waals surface area contributed by atoms with Gasteiger partial charge in [-0.2, -0.15) is 0 Å². The highest BCUT2D eigenvalue weighted by Gasteiger charge is 2.18. The van der Waals surface area contributed by atoms with Gasteiger partial charge < -0.3 is 8.80 Å². The van der Waals surface area contributed by atoms with Crippen LogP contribution in [0.3, 0.4) is 0 Å². The second kappa shape index (κ2) is 9.01. The lowest BCUT2D eigenvalue weighted by molar-refractivity contribution is 1.31. The first-order valence-corrected chi connectivity index (χ1v) is 15.8. The molecule has 46 heavy (non-hydrogen) atoms. The third-order valence-electron chi connectivity index (χ3n) is 9.57. The van der Waals surface area contributed by atoms with E-state index in [4.69, 9.17) is 24.4 Å². The molecule has 4 nitrogen and oxygen atoms in total. The molecule has 0 unspecified atom stereocenters. The summed E-state index contributed by atoms with van der Waals surface area (Å²) in [6, 6.07) is 39.8. The standard InChI is InChI=1S/C40H20N2O2S2/c43-37-23-7-1-3-13-31(23)41-33-17-15-21(19-29(33)38(44)26-10-5-9-25(37)35(26)41)22-16-18-34-30(20-22)40(46)28-12-6-11-27-36(28)42(34)32-14-4-2-8-24(32)39(27)45/h1-20H. The topological polar surface area (TPSA) is 43.0 Å². The SMILES string of the molecule is O=c1c2ccccc2n2c3ccc(-c4ccc5c(c4)c(=S)c4cccc6c(=S)c7ccccc7n5c64)cc3c(=O)c3cccc1c32. The van der Waals surface area contributed by atoms with E-state index in [-0.39, 0.29) is 10.9 Å². The van der Waals surface area contributed by atoms with Crippen LogP contribution in [-0.2, 0) is 0 Å². The van der Waals surface area contributed by atoms with Crippen molar-refractivity contribution in [3.63, 3.8) is 0 Å². The molecule has 6 aromatic carbocycles. The fraction of sp³-hybridized carbons (Fsp3) is 0. The number of fused-ring (bicyclic) bond motifs is 8. The van der Waals surface area contributed by atoms with Crippen LogP contribution in [0.15, 0.2) is 131 Å². The van der Waals surface area contributed by atoms with Crippen molar-refractivity contribution in [1.82, 2.24) is 8.80 Å². The van der Waals surface area contributed by atoms with Crippen molar-refractivity contribution in [3.8, 4) is 11.1 Å². The molecule has 6 heteroatoms. The average Bonchev–Trinajstić information content (AvgIpc) is 3.10. The Morgan fingerprint density at radius 2 is 0.783 bits per heavy atom. The Hall–Kier alpha value is -5.56. The third-order valence-corrected chi connectivity index (χ3v) is 10.5. The monoisotopic (exact) mass is 624 g/mol. The van der Waals surface area contributed by atoms with Gasteiger partial charge in [0.05, 0.1) is 42.1 Å². The summed E-state index contributed by atoms with van der Waals surface area (Å²) in [7, 11) is 0. The van der Waals surface area contributed by atoms with Gasteiger partial charge in [0.15, 0.2) is 10.9 Å². The molecule has 214 valence electrons. The van der Waals surface area contributed by atoms with Gasteiger partial charge in [0.1, 0.15) is 0 Å². The van der Waals surface area contributed by atoms with Gasteiger partial charge in [0, 0.05) is 43.1 Å². The summed E-state index contributed by atoms with van der Waals surface area (Å²) in [6.07, 6.45) is 0. The van der Waals surface area contributed by atoms with Crippen molar-refractivity contribution in [3.05, 3.63) is 151 Å².